The quantitative estimate of drug-likeness (QED) is 0.693. The number of hydrogen-bond donors (Lipinski definition) is 0. The fourth-order valence-corrected chi connectivity index (χ4v) is 1.58. The van der Waals surface area contributed by atoms with Gasteiger partial charge < -0.3 is 4.74 Å². The van der Waals surface area contributed by atoms with Crippen LogP contribution in [0, 0.1) is 5.92 Å². The smallest absolute Gasteiger partial charge is 0.253 e. The maximum absolute atomic E-state index is 11.7. The Bertz CT molecular complexity index is 407. The Morgan fingerprint density at radius 1 is 1.67 bits per heavy atom. The van der Waals surface area contributed by atoms with E-state index in [0.717, 1.165) is 6.42 Å². The van der Waals surface area contributed by atoms with Crippen molar-refractivity contribution in [1.29, 1.82) is 0 Å². The maximum atomic E-state index is 11.7. The number of rotatable bonds is 3. The summed E-state index contributed by atoms with van der Waals surface area (Å²) < 4.78 is 6.44. The summed E-state index contributed by atoms with van der Waals surface area (Å²) in [4.78, 5) is 26.8. The molecular formula is C10H12N2O3. The fourth-order valence-electron chi connectivity index (χ4n) is 1.58. The number of aromatic nitrogens is 2. The van der Waals surface area contributed by atoms with Gasteiger partial charge in [0, 0.05) is 24.8 Å². The molecule has 1 unspecified atom stereocenters. The van der Waals surface area contributed by atoms with Crippen LogP contribution in [-0.4, -0.2) is 28.5 Å². The van der Waals surface area contributed by atoms with Crippen LogP contribution < -0.4 is 5.56 Å². The Labute approximate surface area is 86.7 Å². The molecule has 0 amide bonds. The van der Waals surface area contributed by atoms with Crippen molar-refractivity contribution < 1.29 is 9.53 Å². The second-order valence-electron chi connectivity index (χ2n) is 3.57. The number of carbonyl (C=O) groups is 1. The van der Waals surface area contributed by atoms with Crippen LogP contribution in [0.1, 0.15) is 6.42 Å². The molecule has 0 saturated carbocycles. The van der Waals surface area contributed by atoms with Gasteiger partial charge in [-0.15, -0.1) is 0 Å². The molecule has 0 N–H and O–H groups in total. The van der Waals surface area contributed by atoms with Gasteiger partial charge in [0.1, 0.15) is 0 Å². The average molecular weight is 208 g/mol. The van der Waals surface area contributed by atoms with Crippen LogP contribution in [0.15, 0.2) is 23.4 Å². The van der Waals surface area contributed by atoms with Gasteiger partial charge in [-0.05, 0) is 6.42 Å². The van der Waals surface area contributed by atoms with Crippen molar-refractivity contribution in [2.75, 3.05) is 13.2 Å². The van der Waals surface area contributed by atoms with Gasteiger partial charge in [-0.3, -0.25) is 14.2 Å². The fraction of sp³-hybridized carbons (Fsp3) is 0.500. The van der Waals surface area contributed by atoms with Gasteiger partial charge in [0.2, 0.25) is 0 Å². The first-order chi connectivity index (χ1) is 7.27. The zero-order valence-corrected chi connectivity index (χ0v) is 8.26. The van der Waals surface area contributed by atoms with Gasteiger partial charge in [0.15, 0.2) is 5.78 Å². The molecule has 1 fully saturated rings. The summed E-state index contributed by atoms with van der Waals surface area (Å²) in [6, 6.07) is 1.35. The van der Waals surface area contributed by atoms with E-state index >= 15 is 0 Å². The largest absolute Gasteiger partial charge is 0.381 e. The molecule has 5 nitrogen and oxygen atoms in total. The van der Waals surface area contributed by atoms with Crippen LogP contribution in [0.4, 0.5) is 0 Å². The first kappa shape index (κ1) is 10.0. The molecule has 1 aliphatic heterocycles. The van der Waals surface area contributed by atoms with Gasteiger partial charge in [-0.1, -0.05) is 0 Å². The van der Waals surface area contributed by atoms with E-state index in [4.69, 9.17) is 4.74 Å². The summed E-state index contributed by atoms with van der Waals surface area (Å²) in [7, 11) is 0. The van der Waals surface area contributed by atoms with Crippen molar-refractivity contribution in [1.82, 2.24) is 9.55 Å². The molecular weight excluding hydrogens is 196 g/mol. The zero-order chi connectivity index (χ0) is 10.7. The molecule has 1 aromatic heterocycles. The molecule has 15 heavy (non-hydrogen) atoms. The molecule has 1 saturated heterocycles. The third kappa shape index (κ3) is 2.30. The van der Waals surface area contributed by atoms with E-state index in [1.54, 1.807) is 0 Å². The van der Waals surface area contributed by atoms with Crippen molar-refractivity contribution in [3.8, 4) is 0 Å². The highest BCUT2D eigenvalue weighted by Gasteiger charge is 2.23. The molecule has 0 spiro atoms. The highest BCUT2D eigenvalue weighted by Crippen LogP contribution is 2.13. The van der Waals surface area contributed by atoms with Crippen molar-refractivity contribution >= 4 is 5.78 Å². The minimum absolute atomic E-state index is 0.0441. The lowest BCUT2D eigenvalue weighted by Gasteiger charge is -2.07. The predicted octanol–water partition coefficient (Wildman–Crippen LogP) is -0.151. The number of carbonyl (C=O) groups excluding carboxylic acids is 1. The lowest BCUT2D eigenvalue weighted by atomic mass is 10.0. The number of hydrogen-bond acceptors (Lipinski definition) is 4. The van der Waals surface area contributed by atoms with Gasteiger partial charge >= 0.3 is 0 Å². The lowest BCUT2D eigenvalue weighted by molar-refractivity contribution is -0.123. The van der Waals surface area contributed by atoms with E-state index in [1.807, 2.05) is 0 Å². The second kappa shape index (κ2) is 4.35. The summed E-state index contributed by atoms with van der Waals surface area (Å²) in [5, 5.41) is 0. The molecule has 2 rings (SSSR count). The minimum Gasteiger partial charge on any atom is -0.381 e. The van der Waals surface area contributed by atoms with Crippen LogP contribution in [0.5, 0.6) is 0 Å². The molecule has 0 aromatic carbocycles. The van der Waals surface area contributed by atoms with Crippen LogP contribution in [0.25, 0.3) is 0 Å². The molecule has 0 radical (unpaired) electrons. The van der Waals surface area contributed by atoms with Crippen LogP contribution in [0.3, 0.4) is 0 Å². The van der Waals surface area contributed by atoms with E-state index in [9.17, 15) is 9.59 Å². The Morgan fingerprint density at radius 2 is 2.53 bits per heavy atom. The predicted molar refractivity (Wildman–Crippen MR) is 52.4 cm³/mol. The van der Waals surface area contributed by atoms with E-state index in [-0.39, 0.29) is 23.8 Å². The lowest BCUT2D eigenvalue weighted by Crippen LogP contribution is -2.27. The van der Waals surface area contributed by atoms with Crippen molar-refractivity contribution in [3.63, 3.8) is 0 Å². The van der Waals surface area contributed by atoms with E-state index in [2.05, 4.69) is 4.98 Å². The zero-order valence-electron chi connectivity index (χ0n) is 8.26. The Hall–Kier alpha value is -1.49. The van der Waals surface area contributed by atoms with Gasteiger partial charge in [-0.2, -0.15) is 0 Å². The van der Waals surface area contributed by atoms with Crippen LogP contribution in [0.2, 0.25) is 0 Å². The number of nitrogens with zero attached hydrogens (tertiary/aromatic N) is 2. The van der Waals surface area contributed by atoms with Crippen LogP contribution >= 0.6 is 0 Å². The van der Waals surface area contributed by atoms with Crippen molar-refractivity contribution in [3.05, 3.63) is 28.9 Å². The van der Waals surface area contributed by atoms with Crippen molar-refractivity contribution in [2.24, 2.45) is 5.92 Å². The van der Waals surface area contributed by atoms with Gasteiger partial charge in [0.05, 0.1) is 19.5 Å². The summed E-state index contributed by atoms with van der Waals surface area (Å²) in [5.74, 6) is -0.0142. The van der Waals surface area contributed by atoms with Crippen molar-refractivity contribution in [2.45, 2.75) is 13.0 Å². The Balaban J connectivity index is 2.05. The standard InChI is InChI=1S/C10H12N2O3/c13-9(8-2-4-15-6-8)5-12-7-11-3-1-10(12)14/h1,3,7-8H,2,4-6H2. The Kier molecular flexibility index (Phi) is 2.91. The van der Waals surface area contributed by atoms with E-state index in [1.165, 1.54) is 23.2 Å². The Morgan fingerprint density at radius 3 is 3.20 bits per heavy atom. The molecule has 1 aliphatic rings. The van der Waals surface area contributed by atoms with E-state index < -0.39 is 0 Å². The number of ether oxygens (including phenoxy) is 1. The third-order valence-electron chi connectivity index (χ3n) is 2.50. The summed E-state index contributed by atoms with van der Waals surface area (Å²) in [5.41, 5.74) is -0.197. The highest BCUT2D eigenvalue weighted by molar-refractivity contribution is 5.81. The molecule has 1 atom stereocenters. The highest BCUT2D eigenvalue weighted by atomic mass is 16.5. The monoisotopic (exact) mass is 208 g/mol. The second-order valence-corrected chi connectivity index (χ2v) is 3.57. The van der Waals surface area contributed by atoms with Gasteiger partial charge in [-0.25, -0.2) is 4.98 Å². The average Bonchev–Trinajstić information content (AvgIpc) is 2.74. The first-order valence-corrected chi connectivity index (χ1v) is 4.88. The summed E-state index contributed by atoms with van der Waals surface area (Å²) in [6.07, 6.45) is 3.56. The first-order valence-electron chi connectivity index (χ1n) is 4.88. The molecule has 5 heteroatoms. The molecule has 0 bridgehead atoms. The number of ketones is 1. The summed E-state index contributed by atoms with van der Waals surface area (Å²) >= 11 is 0. The molecule has 1 aromatic rings. The minimum atomic E-state index is -0.197. The van der Waals surface area contributed by atoms with Crippen LogP contribution in [-0.2, 0) is 16.1 Å². The topological polar surface area (TPSA) is 61.2 Å². The SMILES string of the molecule is O=C(Cn1cnccc1=O)C1CCOC1. The molecule has 2 heterocycles. The number of Topliss-reactive ketones (excluding diaryl/α,β-unsaturated/α-hetero) is 1. The van der Waals surface area contributed by atoms with Gasteiger partial charge in [0.25, 0.3) is 5.56 Å². The normalized spacial score (nSPS) is 20.4. The van der Waals surface area contributed by atoms with E-state index in [0.29, 0.717) is 13.2 Å². The molecule has 0 aliphatic carbocycles. The third-order valence-corrected chi connectivity index (χ3v) is 2.50. The molecule has 80 valence electrons. The summed E-state index contributed by atoms with van der Waals surface area (Å²) in [6.45, 7) is 1.22. The maximum Gasteiger partial charge on any atom is 0.253 e.